The van der Waals surface area contributed by atoms with Crippen molar-refractivity contribution in [2.45, 2.75) is 6.04 Å². The van der Waals surface area contributed by atoms with E-state index < -0.39 is 6.04 Å². The molecular weight excluding hydrogens is 356 g/mol. The van der Waals surface area contributed by atoms with E-state index in [0.29, 0.717) is 22.8 Å². The fourth-order valence-corrected chi connectivity index (χ4v) is 5.10. The van der Waals surface area contributed by atoms with Crippen LogP contribution >= 0.6 is 23.5 Å². The highest BCUT2D eigenvalue weighted by atomic mass is 32.2. The van der Waals surface area contributed by atoms with Crippen molar-refractivity contribution < 1.29 is 9.59 Å². The Bertz CT molecular complexity index is 810. The quantitative estimate of drug-likeness (QED) is 0.797. The van der Waals surface area contributed by atoms with Gasteiger partial charge in [0.1, 0.15) is 11.7 Å². The molecule has 0 spiro atoms. The third-order valence-corrected chi connectivity index (χ3v) is 6.37. The molecule has 3 heterocycles. The van der Waals surface area contributed by atoms with Crippen LogP contribution in [-0.4, -0.2) is 73.8 Å². The maximum absolute atomic E-state index is 12.9. The van der Waals surface area contributed by atoms with Crippen molar-refractivity contribution in [3.8, 4) is 0 Å². The summed E-state index contributed by atoms with van der Waals surface area (Å²) in [5.74, 6) is 2.95. The molecule has 1 aromatic heterocycles. The lowest BCUT2D eigenvalue weighted by Gasteiger charge is -2.31. The van der Waals surface area contributed by atoms with Crippen molar-refractivity contribution in [3.05, 3.63) is 36.2 Å². The molecule has 130 valence electrons. The van der Waals surface area contributed by atoms with Gasteiger partial charge in [0.2, 0.25) is 5.91 Å². The van der Waals surface area contributed by atoms with Crippen molar-refractivity contribution in [1.29, 1.82) is 0 Å². The second kappa shape index (κ2) is 7.21. The van der Waals surface area contributed by atoms with E-state index >= 15 is 0 Å². The topological polar surface area (TPSA) is 66.4 Å². The lowest BCUT2D eigenvalue weighted by Crippen LogP contribution is -2.51. The van der Waals surface area contributed by atoms with Crippen LogP contribution in [0.2, 0.25) is 0 Å². The third kappa shape index (κ3) is 3.32. The molecule has 1 unspecified atom stereocenters. The minimum Gasteiger partial charge on any atom is -0.339 e. The van der Waals surface area contributed by atoms with E-state index in [1.54, 1.807) is 16.7 Å². The Morgan fingerprint density at radius 3 is 2.64 bits per heavy atom. The van der Waals surface area contributed by atoms with Crippen LogP contribution in [0, 0.1) is 0 Å². The number of benzene rings is 1. The summed E-state index contributed by atoms with van der Waals surface area (Å²) < 4.78 is 0. The van der Waals surface area contributed by atoms with Crippen molar-refractivity contribution >= 4 is 46.4 Å². The fourth-order valence-electron chi connectivity index (χ4n) is 3.05. The van der Waals surface area contributed by atoms with Gasteiger partial charge in [-0.05, 0) is 12.1 Å². The molecule has 2 aliphatic rings. The zero-order chi connectivity index (χ0) is 17.2. The Labute approximate surface area is 154 Å². The number of nitrogens with zero attached hydrogens (tertiary/aromatic N) is 4. The first kappa shape index (κ1) is 16.7. The highest BCUT2D eigenvalue weighted by Crippen LogP contribution is 2.25. The molecule has 1 atom stereocenters. The molecule has 25 heavy (non-hydrogen) atoms. The monoisotopic (exact) mass is 374 g/mol. The van der Waals surface area contributed by atoms with E-state index in [0.717, 1.165) is 30.1 Å². The summed E-state index contributed by atoms with van der Waals surface area (Å²) in [5.41, 5.74) is 1.75. The van der Waals surface area contributed by atoms with Gasteiger partial charge >= 0.3 is 0 Å². The molecule has 8 heteroatoms. The summed E-state index contributed by atoms with van der Waals surface area (Å²) in [6.45, 7) is 1.53. The van der Waals surface area contributed by atoms with Crippen LogP contribution in [0.15, 0.2) is 30.5 Å². The van der Waals surface area contributed by atoms with E-state index in [2.05, 4.69) is 9.97 Å². The number of carbonyl (C=O) groups excluding carboxylic acids is 2. The van der Waals surface area contributed by atoms with Gasteiger partial charge in [0.25, 0.3) is 5.91 Å². The van der Waals surface area contributed by atoms with Gasteiger partial charge in [-0.25, -0.2) is 4.98 Å². The van der Waals surface area contributed by atoms with Gasteiger partial charge in [0.15, 0.2) is 0 Å². The standard InChI is InChI=1S/C17H18N4O2S2/c22-16(14-9-18-12-3-1-2-4-13(12)19-14)21-11-25-10-15(21)17(23)20-5-7-24-8-6-20/h1-4,9,15H,5-8,10-11H2. The van der Waals surface area contributed by atoms with Gasteiger partial charge in [-0.2, -0.15) is 11.8 Å². The van der Waals surface area contributed by atoms with Gasteiger partial charge < -0.3 is 9.80 Å². The normalized spacial score (nSPS) is 20.9. The largest absolute Gasteiger partial charge is 0.339 e. The molecule has 2 saturated heterocycles. The summed E-state index contributed by atoms with van der Waals surface area (Å²) in [4.78, 5) is 38.0. The Morgan fingerprint density at radius 2 is 1.84 bits per heavy atom. The molecule has 6 nitrogen and oxygen atoms in total. The molecule has 4 rings (SSSR count). The number of hydrogen-bond acceptors (Lipinski definition) is 6. The van der Waals surface area contributed by atoms with Gasteiger partial charge in [-0.1, -0.05) is 12.1 Å². The molecule has 2 aliphatic heterocycles. The van der Waals surface area contributed by atoms with E-state index in [4.69, 9.17) is 0 Å². The zero-order valence-electron chi connectivity index (χ0n) is 13.6. The van der Waals surface area contributed by atoms with E-state index in [1.165, 1.54) is 6.20 Å². The van der Waals surface area contributed by atoms with Crippen LogP contribution in [-0.2, 0) is 4.79 Å². The molecule has 0 saturated carbocycles. The smallest absolute Gasteiger partial charge is 0.275 e. The first-order valence-corrected chi connectivity index (χ1v) is 10.5. The third-order valence-electron chi connectivity index (χ3n) is 4.42. The Hall–Kier alpha value is -1.80. The van der Waals surface area contributed by atoms with Crippen LogP contribution in [0.25, 0.3) is 11.0 Å². The number of fused-ring (bicyclic) bond motifs is 1. The average Bonchev–Trinajstić information content (AvgIpc) is 3.17. The molecule has 0 radical (unpaired) electrons. The number of rotatable bonds is 2. The molecule has 1 aromatic carbocycles. The van der Waals surface area contributed by atoms with Crippen molar-refractivity contribution in [1.82, 2.24) is 19.8 Å². The highest BCUT2D eigenvalue weighted by molar-refractivity contribution is 7.99. The maximum atomic E-state index is 12.9. The molecule has 2 amide bonds. The predicted octanol–water partition coefficient (Wildman–Crippen LogP) is 1.72. The first-order chi connectivity index (χ1) is 12.2. The first-order valence-electron chi connectivity index (χ1n) is 8.21. The average molecular weight is 374 g/mol. The van der Waals surface area contributed by atoms with Gasteiger partial charge in [-0.15, -0.1) is 11.8 Å². The van der Waals surface area contributed by atoms with Crippen molar-refractivity contribution in [3.63, 3.8) is 0 Å². The van der Waals surface area contributed by atoms with E-state index in [9.17, 15) is 9.59 Å². The van der Waals surface area contributed by atoms with Crippen LogP contribution in [0.1, 0.15) is 10.5 Å². The highest BCUT2D eigenvalue weighted by Gasteiger charge is 2.38. The Morgan fingerprint density at radius 1 is 1.08 bits per heavy atom. The number of aromatic nitrogens is 2. The second-order valence-corrected chi connectivity index (χ2v) is 8.20. The SMILES string of the molecule is O=C(C1CSCN1C(=O)c1cnc2ccccc2n1)N1CCSCC1. The molecule has 2 fully saturated rings. The second-order valence-electron chi connectivity index (χ2n) is 5.97. The van der Waals surface area contributed by atoms with Crippen LogP contribution < -0.4 is 0 Å². The van der Waals surface area contributed by atoms with Gasteiger partial charge in [0.05, 0.1) is 23.1 Å². The van der Waals surface area contributed by atoms with Crippen molar-refractivity contribution in [2.24, 2.45) is 0 Å². The number of amides is 2. The number of carbonyl (C=O) groups is 2. The Kier molecular flexibility index (Phi) is 4.80. The minimum atomic E-state index is -0.395. The van der Waals surface area contributed by atoms with Crippen LogP contribution in [0.5, 0.6) is 0 Å². The molecule has 2 aromatic rings. The molecular formula is C17H18N4O2S2. The summed E-state index contributed by atoms with van der Waals surface area (Å²) in [6.07, 6.45) is 1.51. The summed E-state index contributed by atoms with van der Waals surface area (Å²) >= 11 is 3.48. The lowest BCUT2D eigenvalue weighted by molar-refractivity contribution is -0.134. The van der Waals surface area contributed by atoms with Crippen molar-refractivity contribution in [2.75, 3.05) is 36.2 Å². The lowest BCUT2D eigenvalue weighted by atomic mass is 10.2. The molecule has 0 aliphatic carbocycles. The van der Waals surface area contributed by atoms with Gasteiger partial charge in [-0.3, -0.25) is 14.6 Å². The number of thioether (sulfide) groups is 2. The fraction of sp³-hybridized carbons (Fsp3) is 0.412. The van der Waals surface area contributed by atoms with Gasteiger partial charge in [0, 0.05) is 30.3 Å². The Balaban J connectivity index is 1.56. The number of para-hydroxylation sites is 2. The molecule has 0 N–H and O–H groups in total. The zero-order valence-corrected chi connectivity index (χ0v) is 15.3. The van der Waals surface area contributed by atoms with Crippen LogP contribution in [0.4, 0.5) is 0 Å². The predicted molar refractivity (Wildman–Crippen MR) is 101 cm³/mol. The molecule has 0 bridgehead atoms. The summed E-state index contributed by atoms with van der Waals surface area (Å²) in [7, 11) is 0. The van der Waals surface area contributed by atoms with Crippen LogP contribution in [0.3, 0.4) is 0 Å². The maximum Gasteiger partial charge on any atom is 0.275 e. The van der Waals surface area contributed by atoms with E-state index in [1.807, 2.05) is 40.9 Å². The number of hydrogen-bond donors (Lipinski definition) is 0. The minimum absolute atomic E-state index is 0.0624. The summed E-state index contributed by atoms with van der Waals surface area (Å²) in [5, 5.41) is 0. The summed E-state index contributed by atoms with van der Waals surface area (Å²) in [6, 6.07) is 7.07. The van der Waals surface area contributed by atoms with E-state index in [-0.39, 0.29) is 11.8 Å².